The summed E-state index contributed by atoms with van der Waals surface area (Å²) in [7, 11) is 0. The summed E-state index contributed by atoms with van der Waals surface area (Å²) in [6.07, 6.45) is 1.99. The quantitative estimate of drug-likeness (QED) is 0.610. The topological polar surface area (TPSA) is 77.1 Å². The molecule has 5 nitrogen and oxygen atoms in total. The molecule has 1 heterocycles. The molecule has 0 atom stereocenters. The third-order valence-electron chi connectivity index (χ3n) is 3.87. The molecule has 0 unspecified atom stereocenters. The van der Waals surface area contributed by atoms with Crippen LogP contribution < -0.4 is 11.1 Å². The molecule has 0 aliphatic carbocycles. The minimum absolute atomic E-state index is 0.138. The number of carbonyl (C=O) groups is 2. The van der Waals surface area contributed by atoms with Gasteiger partial charge in [-0.25, -0.2) is 0 Å². The van der Waals surface area contributed by atoms with Crippen LogP contribution in [0, 0.1) is 0 Å². The predicted octanol–water partition coefficient (Wildman–Crippen LogP) is 3.30. The Morgan fingerprint density at radius 1 is 1.12 bits per heavy atom. The summed E-state index contributed by atoms with van der Waals surface area (Å²) in [6.45, 7) is 1.11. The minimum Gasteiger partial charge on any atom is -0.369 e. The molecule has 0 bridgehead atoms. The van der Waals surface area contributed by atoms with Crippen LogP contribution in [0.15, 0.2) is 59.6 Å². The number of thioether (sulfide) groups is 1. The molecule has 0 aliphatic rings. The number of nitrogens with two attached hydrogens (primary N) is 1. The fourth-order valence-corrected chi connectivity index (χ4v) is 3.61. The number of amides is 2. The summed E-state index contributed by atoms with van der Waals surface area (Å²) < 4.78 is 2.07. The third-order valence-corrected chi connectivity index (χ3v) is 5.18. The standard InChI is InChI=1S/C19H18ClN3O2S/c20-14-7-5-13(6-8-14)19(25)22-9-10-23-11-17(26-12-18(21)24)15-3-1-2-4-16(15)23/h1-8,11H,9-10,12H2,(H2,21,24)(H,22,25). The van der Waals surface area contributed by atoms with Crippen LogP contribution in [0.4, 0.5) is 0 Å². The van der Waals surface area contributed by atoms with Gasteiger partial charge in [-0.3, -0.25) is 9.59 Å². The van der Waals surface area contributed by atoms with Crippen molar-refractivity contribution in [2.75, 3.05) is 12.3 Å². The Labute approximate surface area is 160 Å². The van der Waals surface area contributed by atoms with Crippen molar-refractivity contribution in [1.29, 1.82) is 0 Å². The van der Waals surface area contributed by atoms with E-state index in [2.05, 4.69) is 9.88 Å². The first-order valence-corrected chi connectivity index (χ1v) is 9.43. The minimum atomic E-state index is -0.345. The molecule has 0 spiro atoms. The molecular formula is C19H18ClN3O2S. The van der Waals surface area contributed by atoms with Crippen molar-refractivity contribution < 1.29 is 9.59 Å². The number of carbonyl (C=O) groups excluding carboxylic acids is 2. The fraction of sp³-hybridized carbons (Fsp3) is 0.158. The average Bonchev–Trinajstić information content (AvgIpc) is 2.98. The molecule has 0 saturated heterocycles. The van der Waals surface area contributed by atoms with Gasteiger partial charge in [0.05, 0.1) is 5.75 Å². The lowest BCUT2D eigenvalue weighted by Crippen LogP contribution is -2.27. The van der Waals surface area contributed by atoms with E-state index in [1.165, 1.54) is 11.8 Å². The Morgan fingerprint density at radius 2 is 1.85 bits per heavy atom. The van der Waals surface area contributed by atoms with E-state index in [1.54, 1.807) is 24.3 Å². The molecule has 2 aromatic carbocycles. The smallest absolute Gasteiger partial charge is 0.251 e. The maximum atomic E-state index is 12.2. The fourth-order valence-electron chi connectivity index (χ4n) is 2.66. The second kappa shape index (κ2) is 8.29. The third kappa shape index (κ3) is 4.39. The molecule has 0 aliphatic heterocycles. The first-order chi connectivity index (χ1) is 12.5. The number of rotatable bonds is 7. The molecule has 3 rings (SSSR count). The largest absolute Gasteiger partial charge is 0.369 e. The highest BCUT2D eigenvalue weighted by atomic mass is 35.5. The summed E-state index contributed by atoms with van der Waals surface area (Å²) >= 11 is 7.26. The zero-order chi connectivity index (χ0) is 18.5. The van der Waals surface area contributed by atoms with Crippen molar-refractivity contribution in [2.24, 2.45) is 5.73 Å². The van der Waals surface area contributed by atoms with Crippen molar-refractivity contribution in [2.45, 2.75) is 11.4 Å². The van der Waals surface area contributed by atoms with E-state index in [0.717, 1.165) is 15.8 Å². The Balaban J connectivity index is 1.67. The van der Waals surface area contributed by atoms with Crippen LogP contribution >= 0.6 is 23.4 Å². The van der Waals surface area contributed by atoms with Crippen LogP contribution in [-0.2, 0) is 11.3 Å². The number of nitrogens with one attached hydrogen (secondary N) is 1. The number of nitrogens with zero attached hydrogens (tertiary/aromatic N) is 1. The maximum Gasteiger partial charge on any atom is 0.251 e. The molecule has 0 radical (unpaired) electrons. The van der Waals surface area contributed by atoms with Gasteiger partial charge in [0, 0.05) is 45.7 Å². The second-order valence-corrected chi connectivity index (χ2v) is 7.18. The Hall–Kier alpha value is -2.44. The van der Waals surface area contributed by atoms with Crippen LogP contribution in [0.2, 0.25) is 5.02 Å². The summed E-state index contributed by atoms with van der Waals surface area (Å²) in [5.74, 6) is -0.245. The van der Waals surface area contributed by atoms with E-state index < -0.39 is 0 Å². The lowest BCUT2D eigenvalue weighted by Gasteiger charge is -2.07. The highest BCUT2D eigenvalue weighted by Crippen LogP contribution is 2.29. The van der Waals surface area contributed by atoms with Crippen molar-refractivity contribution in [1.82, 2.24) is 9.88 Å². The van der Waals surface area contributed by atoms with Gasteiger partial charge in [-0.05, 0) is 30.3 Å². The van der Waals surface area contributed by atoms with Gasteiger partial charge in [-0.2, -0.15) is 0 Å². The van der Waals surface area contributed by atoms with Crippen molar-refractivity contribution in [3.8, 4) is 0 Å². The Morgan fingerprint density at radius 3 is 2.58 bits per heavy atom. The Bertz CT molecular complexity index is 938. The van der Waals surface area contributed by atoms with Crippen LogP contribution in [-0.4, -0.2) is 28.7 Å². The van der Waals surface area contributed by atoms with Gasteiger partial charge in [0.1, 0.15) is 0 Å². The second-order valence-electron chi connectivity index (χ2n) is 5.72. The SMILES string of the molecule is NC(=O)CSc1cn(CCNC(=O)c2ccc(Cl)cc2)c2ccccc12. The molecular weight excluding hydrogens is 370 g/mol. The predicted molar refractivity (Wildman–Crippen MR) is 106 cm³/mol. The summed E-state index contributed by atoms with van der Waals surface area (Å²) in [6, 6.07) is 14.7. The van der Waals surface area contributed by atoms with Gasteiger partial charge in [0.25, 0.3) is 5.91 Å². The van der Waals surface area contributed by atoms with Gasteiger partial charge >= 0.3 is 0 Å². The zero-order valence-corrected chi connectivity index (χ0v) is 15.5. The number of primary amides is 1. The van der Waals surface area contributed by atoms with E-state index in [9.17, 15) is 9.59 Å². The monoisotopic (exact) mass is 387 g/mol. The van der Waals surface area contributed by atoms with Crippen LogP contribution in [0.25, 0.3) is 10.9 Å². The first-order valence-electron chi connectivity index (χ1n) is 8.07. The van der Waals surface area contributed by atoms with E-state index in [-0.39, 0.29) is 17.6 Å². The molecule has 0 saturated carbocycles. The summed E-state index contributed by atoms with van der Waals surface area (Å²) in [5.41, 5.74) is 6.88. The van der Waals surface area contributed by atoms with Crippen molar-refractivity contribution in [3.63, 3.8) is 0 Å². The molecule has 0 fully saturated rings. The van der Waals surface area contributed by atoms with Gasteiger partial charge in [-0.1, -0.05) is 29.8 Å². The lowest BCUT2D eigenvalue weighted by atomic mass is 10.2. The van der Waals surface area contributed by atoms with Crippen LogP contribution in [0.1, 0.15) is 10.4 Å². The summed E-state index contributed by atoms with van der Waals surface area (Å²) in [4.78, 5) is 24.2. The maximum absolute atomic E-state index is 12.2. The van der Waals surface area contributed by atoms with E-state index in [4.69, 9.17) is 17.3 Å². The zero-order valence-electron chi connectivity index (χ0n) is 13.9. The van der Waals surface area contributed by atoms with E-state index in [1.807, 2.05) is 30.5 Å². The van der Waals surface area contributed by atoms with Gasteiger partial charge in [0.2, 0.25) is 5.91 Å². The van der Waals surface area contributed by atoms with Gasteiger partial charge in [0.15, 0.2) is 0 Å². The molecule has 26 heavy (non-hydrogen) atoms. The van der Waals surface area contributed by atoms with Gasteiger partial charge in [-0.15, -0.1) is 11.8 Å². The molecule has 3 N–H and O–H groups in total. The summed E-state index contributed by atoms with van der Waals surface area (Å²) in [5, 5.41) is 4.58. The van der Waals surface area contributed by atoms with E-state index >= 15 is 0 Å². The molecule has 134 valence electrons. The molecule has 2 amide bonds. The number of aromatic nitrogens is 1. The van der Waals surface area contributed by atoms with Crippen LogP contribution in [0.3, 0.4) is 0 Å². The number of hydrogen-bond acceptors (Lipinski definition) is 3. The molecule has 3 aromatic rings. The average molecular weight is 388 g/mol. The van der Waals surface area contributed by atoms with E-state index in [0.29, 0.717) is 23.7 Å². The van der Waals surface area contributed by atoms with Crippen LogP contribution in [0.5, 0.6) is 0 Å². The van der Waals surface area contributed by atoms with Crippen molar-refractivity contribution >= 4 is 46.1 Å². The van der Waals surface area contributed by atoms with Crippen molar-refractivity contribution in [3.05, 3.63) is 65.3 Å². The highest BCUT2D eigenvalue weighted by molar-refractivity contribution is 8.00. The van der Waals surface area contributed by atoms with Gasteiger partial charge < -0.3 is 15.6 Å². The number of hydrogen-bond donors (Lipinski definition) is 2. The molecule has 1 aromatic heterocycles. The number of halogens is 1. The normalized spacial score (nSPS) is 10.8. The molecule has 7 heteroatoms. The number of para-hydroxylation sites is 1. The Kier molecular flexibility index (Phi) is 5.85. The lowest BCUT2D eigenvalue weighted by molar-refractivity contribution is -0.115. The first kappa shape index (κ1) is 18.4. The number of benzene rings is 2. The highest BCUT2D eigenvalue weighted by Gasteiger charge is 2.10. The number of fused-ring (bicyclic) bond motifs is 1.